The van der Waals surface area contributed by atoms with Crippen LogP contribution in [0.2, 0.25) is 0 Å². The van der Waals surface area contributed by atoms with Gasteiger partial charge in [0, 0.05) is 6.61 Å². The Labute approximate surface area is 67.5 Å². The normalized spacial score (nSPS) is 8.33. The third-order valence-corrected chi connectivity index (χ3v) is 1.27. The maximum absolute atomic E-state index is 6.63. The van der Waals surface area contributed by atoms with E-state index in [0.29, 0.717) is 12.3 Å². The van der Waals surface area contributed by atoms with Crippen molar-refractivity contribution in [1.29, 1.82) is 0 Å². The number of aromatic nitrogens is 1. The van der Waals surface area contributed by atoms with Gasteiger partial charge in [-0.15, -0.1) is 0 Å². The standard InChI is InChI=1S/C7H6N2OP.Rf/c1-8-6-2-3-7(5-10-11)9-4-6;/h2-3H,5,11H2;/q-1;. The Hall–Kier alpha value is -1.97. The molecule has 58 valence electrons. The van der Waals surface area contributed by atoms with E-state index >= 15 is 0 Å². The van der Waals surface area contributed by atoms with Gasteiger partial charge in [-0.05, 0) is 15.2 Å². The SMILES string of the molecule is [C-]#[N+]c1[c-]nc(COP)cc1.[Rf]. The van der Waals surface area contributed by atoms with E-state index in [1.165, 1.54) is 0 Å². The van der Waals surface area contributed by atoms with Crippen molar-refractivity contribution >= 4 is 15.2 Å². The minimum atomic E-state index is 0. The van der Waals surface area contributed by atoms with Gasteiger partial charge in [-0.2, -0.15) is 12.1 Å². The van der Waals surface area contributed by atoms with Gasteiger partial charge >= 0.3 is 0 Å². The van der Waals surface area contributed by atoms with Crippen LogP contribution in [0.5, 0.6) is 0 Å². The Balaban J connectivity index is 0.00000121. The van der Waals surface area contributed by atoms with Crippen LogP contribution in [-0.2, 0) is 11.1 Å². The molecule has 3 nitrogen and oxygen atoms in total. The molecule has 5 heteroatoms. The molecule has 0 saturated heterocycles. The molecule has 0 bridgehead atoms. The van der Waals surface area contributed by atoms with Crippen molar-refractivity contribution < 1.29 is 4.52 Å². The van der Waals surface area contributed by atoms with Crippen LogP contribution >= 0.6 is 9.47 Å². The van der Waals surface area contributed by atoms with Crippen LogP contribution in [0.3, 0.4) is 0 Å². The van der Waals surface area contributed by atoms with E-state index in [-0.39, 0.29) is 0 Å². The third kappa shape index (κ3) is 2.34. The van der Waals surface area contributed by atoms with Crippen molar-refractivity contribution in [2.24, 2.45) is 0 Å². The zero-order valence-corrected chi connectivity index (χ0v) is 14.0. The molecule has 0 radical (unpaired) electrons. The van der Waals surface area contributed by atoms with Gasteiger partial charge in [0.15, 0.2) is 0 Å². The Morgan fingerprint density at radius 1 is 1.67 bits per heavy atom. The Morgan fingerprint density at radius 2 is 2.42 bits per heavy atom. The number of pyridine rings is 1. The molecule has 1 unspecified atom stereocenters. The van der Waals surface area contributed by atoms with Crippen molar-refractivity contribution in [2.75, 3.05) is 0 Å². The summed E-state index contributed by atoms with van der Waals surface area (Å²) in [6.07, 6.45) is 2.58. The topological polar surface area (TPSA) is 26.5 Å². The quantitative estimate of drug-likeness (QED) is 0.526. The maximum Gasteiger partial charge on any atom is 0.0956 e. The van der Waals surface area contributed by atoms with Gasteiger partial charge in [-0.1, -0.05) is 6.20 Å². The second-order valence-corrected chi connectivity index (χ2v) is 2.19. The van der Waals surface area contributed by atoms with Crippen molar-refractivity contribution in [3.8, 4) is 0 Å². The van der Waals surface area contributed by atoms with Gasteiger partial charge < -0.3 is 9.51 Å². The largest absolute Gasteiger partial charge is 0.401 e. The molecule has 12 heavy (non-hydrogen) atoms. The summed E-state index contributed by atoms with van der Waals surface area (Å²) in [6, 6.07) is 3.41. The Bertz CT molecular complexity index is 270. The first-order chi connectivity index (χ1) is 5.36. The molecule has 0 spiro atoms. The molecule has 0 saturated carbocycles. The fraction of sp³-hybridized carbons (Fsp3) is 0.143. The Morgan fingerprint density at radius 3 is 2.83 bits per heavy atom. The van der Waals surface area contributed by atoms with E-state index < -0.39 is 0 Å². The van der Waals surface area contributed by atoms with Crippen LogP contribution in [0, 0.1) is 12.8 Å². The average Bonchev–Trinajstić information content (AvgIpc) is 2.07. The van der Waals surface area contributed by atoms with Crippen LogP contribution in [-0.4, -0.2) is 4.98 Å². The number of hydrogen-bond donors (Lipinski definition) is 0. The first kappa shape index (κ1) is 10.0. The molecule has 0 aliphatic carbocycles. The summed E-state index contributed by atoms with van der Waals surface area (Å²) in [5.41, 5.74) is 1.20. The number of nitrogens with zero attached hydrogens (tertiary/aromatic N) is 2. The van der Waals surface area contributed by atoms with Gasteiger partial charge in [-0.3, -0.25) is 4.85 Å². The first-order valence-electron chi connectivity index (χ1n) is 2.93. The Kier molecular flexibility index (Phi) is 4.00. The summed E-state index contributed by atoms with van der Waals surface area (Å²) in [7, 11) is 2.14. The second-order valence-electron chi connectivity index (χ2n) is 1.86. The predicted molar refractivity (Wildman–Crippen MR) is 43.8 cm³/mol. The molecule has 1 aromatic heterocycles. The molecular weight excluding hydrogens is 426 g/mol. The van der Waals surface area contributed by atoms with E-state index in [1.807, 2.05) is 0 Å². The van der Waals surface area contributed by atoms with Crippen LogP contribution < -0.4 is 0 Å². The molecule has 0 fully saturated rings. The van der Waals surface area contributed by atoms with Gasteiger partial charge in [0.25, 0.3) is 0 Å². The fourth-order valence-corrected chi connectivity index (χ4v) is 0.778. The van der Waals surface area contributed by atoms with Crippen LogP contribution in [0.4, 0.5) is 5.69 Å². The van der Waals surface area contributed by atoms with E-state index in [9.17, 15) is 0 Å². The second kappa shape index (κ2) is 4.79. The van der Waals surface area contributed by atoms with Crippen LogP contribution in [0.1, 0.15) is 5.69 Å². The smallest absolute Gasteiger partial charge is 0.0956 e. The van der Waals surface area contributed by atoms with Crippen LogP contribution in [0.25, 0.3) is 4.85 Å². The van der Waals surface area contributed by atoms with Gasteiger partial charge in [-0.25, -0.2) is 0 Å². The molecular formula is C7H6N2OPRf-. The van der Waals surface area contributed by atoms with E-state index in [0.717, 1.165) is 5.69 Å². The monoisotopic (exact) mass is 432 g/mol. The summed E-state index contributed by atoms with van der Waals surface area (Å²) >= 11 is 0. The van der Waals surface area contributed by atoms with Crippen molar-refractivity contribution in [3.05, 3.63) is 35.4 Å². The zero-order chi connectivity index (χ0) is 8.10. The number of hydrogen-bond acceptors (Lipinski definition) is 2. The molecule has 0 aliphatic heterocycles. The van der Waals surface area contributed by atoms with Gasteiger partial charge in [0.05, 0.1) is 12.3 Å². The van der Waals surface area contributed by atoms with E-state index in [2.05, 4.69) is 25.5 Å². The minimum Gasteiger partial charge on any atom is -0.401 e. The summed E-state index contributed by atoms with van der Waals surface area (Å²) in [5.74, 6) is 0. The molecule has 0 N–H and O–H groups in total. The van der Waals surface area contributed by atoms with Crippen molar-refractivity contribution in [3.63, 3.8) is 0 Å². The summed E-state index contributed by atoms with van der Waals surface area (Å²) in [5, 5.41) is 0. The molecule has 0 aliphatic rings. The van der Waals surface area contributed by atoms with Gasteiger partial charge in [0.1, 0.15) is 0 Å². The molecule has 1 aromatic rings. The summed E-state index contributed by atoms with van der Waals surface area (Å²) < 4.78 is 4.76. The van der Waals surface area contributed by atoms with Crippen molar-refractivity contribution in [1.82, 2.24) is 4.98 Å². The van der Waals surface area contributed by atoms with E-state index in [4.69, 9.17) is 11.1 Å². The van der Waals surface area contributed by atoms with Gasteiger partial charge in [0.2, 0.25) is 0 Å². The summed E-state index contributed by atoms with van der Waals surface area (Å²) in [4.78, 5) is 7.02. The average molecular weight is 432 g/mol. The third-order valence-electron chi connectivity index (χ3n) is 1.10. The van der Waals surface area contributed by atoms with E-state index in [1.54, 1.807) is 12.1 Å². The molecule has 0 amide bonds. The first-order valence-corrected chi connectivity index (χ1v) is 3.40. The maximum atomic E-state index is 6.63. The number of rotatable bonds is 2. The van der Waals surface area contributed by atoms with Crippen LogP contribution in [0.15, 0.2) is 12.1 Å². The fourth-order valence-electron chi connectivity index (χ4n) is 0.607. The zero-order valence-electron chi connectivity index (χ0n) is 6.45. The van der Waals surface area contributed by atoms with Crippen molar-refractivity contribution in [2.45, 2.75) is 6.61 Å². The molecule has 0 aromatic carbocycles. The molecule has 1 atom stereocenters. The summed E-state index contributed by atoms with van der Waals surface area (Å²) in [6.45, 7) is 7.06. The minimum absolute atomic E-state index is 0. The predicted octanol–water partition coefficient (Wildman–Crippen LogP) is 1.74. The molecule has 1 heterocycles. The molecule has 1 rings (SSSR count).